The summed E-state index contributed by atoms with van der Waals surface area (Å²) in [6, 6.07) is 6.59. The fraction of sp³-hybridized carbons (Fsp3) is 0.538. The van der Waals surface area contributed by atoms with Gasteiger partial charge in [-0.1, -0.05) is 38.1 Å². The van der Waals surface area contributed by atoms with E-state index >= 15 is 0 Å². The van der Waals surface area contributed by atoms with E-state index in [0.717, 1.165) is 28.1 Å². The maximum Gasteiger partial charge on any atom is 0.246 e. The molecular formula is C26H35N3O4S2. The maximum absolute atomic E-state index is 13.2. The first-order valence-electron chi connectivity index (χ1n) is 12.1. The lowest BCUT2D eigenvalue weighted by atomic mass is 10.00. The zero-order valence-electron chi connectivity index (χ0n) is 20.6. The number of β-amino-alcohol motifs (C(OH)–C–C–N with tert-alkyl or cyclic N) is 1. The van der Waals surface area contributed by atoms with Crippen LogP contribution in [-0.2, 0) is 20.8 Å². The summed E-state index contributed by atoms with van der Waals surface area (Å²) in [7, 11) is 0. The number of nitrogens with zero attached hydrogens (tertiary/aromatic N) is 2. The number of aliphatic hydroxyl groups is 1. The number of benzene rings is 1. The van der Waals surface area contributed by atoms with Crippen LogP contribution in [0, 0.1) is 12.8 Å². The summed E-state index contributed by atoms with van der Waals surface area (Å²) >= 11 is 5.85. The third kappa shape index (κ3) is 7.38. The molecule has 1 fully saturated rings. The van der Waals surface area contributed by atoms with E-state index in [-0.39, 0.29) is 42.7 Å². The standard InChI is InChI=1S/C26H35N3O4S2/c1-16(2)4-11-24(32)28-21(14-34)26(33)29-13-20(30)12-22(29)23(31)10-7-18-5-8-19(9-6-18)25-17(3)27-15-35-25/h5-6,8-9,15-16,20-22,30,34H,4,7,10-14H2,1-3H3,(H,28,32)/t20-,21?,22+/m1/s1. The van der Waals surface area contributed by atoms with Crippen molar-refractivity contribution in [2.24, 2.45) is 5.92 Å². The molecule has 7 nitrogen and oxygen atoms in total. The number of ketones is 1. The van der Waals surface area contributed by atoms with Crippen molar-refractivity contribution in [2.75, 3.05) is 12.3 Å². The Morgan fingerprint density at radius 1 is 1.23 bits per heavy atom. The van der Waals surface area contributed by atoms with Gasteiger partial charge in [0.25, 0.3) is 0 Å². The number of hydrogen-bond donors (Lipinski definition) is 3. The van der Waals surface area contributed by atoms with Crippen LogP contribution in [0.5, 0.6) is 0 Å². The molecule has 2 N–H and O–H groups in total. The SMILES string of the molecule is Cc1ncsc1-c1ccc(CCC(=O)[C@@H]2C[C@@H](O)CN2C(=O)C(CS)NC(=O)CCC(C)C)cc1. The molecule has 0 saturated carbocycles. The van der Waals surface area contributed by atoms with Crippen LogP contribution in [0.4, 0.5) is 0 Å². The minimum Gasteiger partial charge on any atom is -0.391 e. The van der Waals surface area contributed by atoms with Crippen molar-refractivity contribution in [3.05, 3.63) is 41.0 Å². The van der Waals surface area contributed by atoms with Crippen LogP contribution in [0.3, 0.4) is 0 Å². The number of aromatic nitrogens is 1. The number of likely N-dealkylation sites (tertiary alicyclic amines) is 1. The Kier molecular flexibility index (Phi) is 9.89. The third-order valence-electron chi connectivity index (χ3n) is 6.32. The molecule has 2 amide bonds. The second kappa shape index (κ2) is 12.6. The molecule has 190 valence electrons. The molecule has 3 rings (SSSR count). The number of thiol groups is 1. The van der Waals surface area contributed by atoms with Crippen molar-refractivity contribution in [3.8, 4) is 10.4 Å². The number of aliphatic hydroxyl groups excluding tert-OH is 1. The van der Waals surface area contributed by atoms with Crippen molar-refractivity contribution in [1.29, 1.82) is 0 Å². The number of nitrogens with one attached hydrogen (secondary N) is 1. The van der Waals surface area contributed by atoms with Crippen molar-refractivity contribution in [1.82, 2.24) is 15.2 Å². The van der Waals surface area contributed by atoms with Gasteiger partial charge in [-0.25, -0.2) is 4.98 Å². The number of carbonyl (C=O) groups is 3. The highest BCUT2D eigenvalue weighted by Crippen LogP contribution is 2.28. The first-order chi connectivity index (χ1) is 16.7. The summed E-state index contributed by atoms with van der Waals surface area (Å²) in [6.45, 7) is 6.14. The first kappa shape index (κ1) is 27.4. The van der Waals surface area contributed by atoms with E-state index in [2.05, 4.69) is 22.9 Å². The lowest BCUT2D eigenvalue weighted by Gasteiger charge is -2.28. The van der Waals surface area contributed by atoms with Crippen molar-refractivity contribution in [2.45, 2.75) is 71.1 Å². The number of aryl methyl sites for hydroxylation is 2. The predicted octanol–water partition coefficient (Wildman–Crippen LogP) is 3.43. The summed E-state index contributed by atoms with van der Waals surface area (Å²) in [4.78, 5) is 45.3. The molecule has 35 heavy (non-hydrogen) atoms. The molecule has 0 aliphatic carbocycles. The Balaban J connectivity index is 1.59. The second-order valence-corrected chi connectivity index (χ2v) is 10.8. The zero-order chi connectivity index (χ0) is 25.5. The van der Waals surface area contributed by atoms with Gasteiger partial charge in [-0.3, -0.25) is 14.4 Å². The maximum atomic E-state index is 13.2. The van der Waals surface area contributed by atoms with Crippen molar-refractivity contribution >= 4 is 41.6 Å². The van der Waals surface area contributed by atoms with Crippen molar-refractivity contribution < 1.29 is 19.5 Å². The molecule has 2 heterocycles. The smallest absolute Gasteiger partial charge is 0.246 e. The van der Waals surface area contributed by atoms with Crippen molar-refractivity contribution in [3.63, 3.8) is 0 Å². The molecule has 1 unspecified atom stereocenters. The molecule has 0 spiro atoms. The Hall–Kier alpha value is -2.23. The van der Waals surface area contributed by atoms with E-state index in [9.17, 15) is 19.5 Å². The monoisotopic (exact) mass is 517 g/mol. The molecule has 0 bridgehead atoms. The summed E-state index contributed by atoms with van der Waals surface area (Å²) < 4.78 is 0. The second-order valence-electron chi connectivity index (χ2n) is 9.56. The van der Waals surface area contributed by atoms with Gasteiger partial charge in [0.1, 0.15) is 6.04 Å². The lowest BCUT2D eigenvalue weighted by molar-refractivity contribution is -0.140. The van der Waals surface area contributed by atoms with Gasteiger partial charge in [0.05, 0.1) is 28.2 Å². The Bertz CT molecular complexity index is 1020. The Morgan fingerprint density at radius 3 is 2.54 bits per heavy atom. The summed E-state index contributed by atoms with van der Waals surface area (Å²) in [6.07, 6.45) is 1.35. The molecular weight excluding hydrogens is 482 g/mol. The van der Waals surface area contributed by atoms with E-state index in [0.29, 0.717) is 18.8 Å². The minimum atomic E-state index is -0.818. The van der Waals surface area contributed by atoms with Crippen LogP contribution in [0.1, 0.15) is 50.8 Å². The van der Waals surface area contributed by atoms with Crippen LogP contribution in [-0.4, -0.2) is 63.1 Å². The summed E-state index contributed by atoms with van der Waals surface area (Å²) in [5, 5.41) is 13.0. The first-order valence-corrected chi connectivity index (χ1v) is 13.6. The van der Waals surface area contributed by atoms with E-state index in [1.54, 1.807) is 11.3 Å². The van der Waals surface area contributed by atoms with Crippen LogP contribution in [0.15, 0.2) is 29.8 Å². The van der Waals surface area contributed by atoms with Crippen LogP contribution in [0.25, 0.3) is 10.4 Å². The van der Waals surface area contributed by atoms with E-state index in [1.165, 1.54) is 4.90 Å². The van der Waals surface area contributed by atoms with Gasteiger partial charge in [0, 0.05) is 31.6 Å². The minimum absolute atomic E-state index is 0.0821. The van der Waals surface area contributed by atoms with Gasteiger partial charge in [0.2, 0.25) is 11.8 Å². The number of thiazole rings is 1. The van der Waals surface area contributed by atoms with Crippen LogP contribution >= 0.6 is 24.0 Å². The summed E-state index contributed by atoms with van der Waals surface area (Å²) in [5.41, 5.74) is 4.96. The molecule has 1 aromatic carbocycles. The molecule has 1 aliphatic heterocycles. The average molecular weight is 518 g/mol. The molecule has 0 radical (unpaired) electrons. The number of amides is 2. The topological polar surface area (TPSA) is 99.6 Å². The van der Waals surface area contributed by atoms with Gasteiger partial charge in [-0.15, -0.1) is 11.3 Å². The highest BCUT2D eigenvalue weighted by molar-refractivity contribution is 7.80. The number of hydrogen-bond acceptors (Lipinski definition) is 7. The van der Waals surface area contributed by atoms with E-state index in [1.807, 2.05) is 50.5 Å². The fourth-order valence-corrected chi connectivity index (χ4v) is 5.33. The van der Waals surface area contributed by atoms with Gasteiger partial charge in [-0.05, 0) is 36.8 Å². The highest BCUT2D eigenvalue weighted by Gasteiger charge is 2.40. The Morgan fingerprint density at radius 2 is 1.94 bits per heavy atom. The van der Waals surface area contributed by atoms with E-state index < -0.39 is 18.2 Å². The molecule has 2 aromatic rings. The van der Waals surface area contributed by atoms with Crippen LogP contribution < -0.4 is 5.32 Å². The molecule has 3 atom stereocenters. The van der Waals surface area contributed by atoms with Crippen LogP contribution in [0.2, 0.25) is 0 Å². The average Bonchev–Trinajstić information content (AvgIpc) is 3.45. The predicted molar refractivity (Wildman–Crippen MR) is 142 cm³/mol. The zero-order valence-corrected chi connectivity index (χ0v) is 22.3. The molecule has 1 aliphatic rings. The molecule has 1 saturated heterocycles. The Labute approximate surface area is 216 Å². The van der Waals surface area contributed by atoms with Gasteiger partial charge in [-0.2, -0.15) is 12.6 Å². The van der Waals surface area contributed by atoms with E-state index in [4.69, 9.17) is 0 Å². The number of carbonyl (C=O) groups excluding carboxylic acids is 3. The quantitative estimate of drug-likeness (QED) is 0.397. The summed E-state index contributed by atoms with van der Waals surface area (Å²) in [5.74, 6) is -0.135. The van der Waals surface area contributed by atoms with Gasteiger partial charge in [0.15, 0.2) is 5.78 Å². The normalized spacial score (nSPS) is 18.6. The number of rotatable bonds is 11. The highest BCUT2D eigenvalue weighted by atomic mass is 32.1. The largest absolute Gasteiger partial charge is 0.391 e. The lowest BCUT2D eigenvalue weighted by Crippen LogP contribution is -2.52. The van der Waals surface area contributed by atoms with Gasteiger partial charge < -0.3 is 15.3 Å². The fourth-order valence-electron chi connectivity index (χ4n) is 4.27. The molecule has 1 aromatic heterocycles. The third-order valence-corrected chi connectivity index (χ3v) is 7.66. The number of Topliss-reactive ketones (excluding diaryl/α,β-unsaturated/α-hetero) is 1. The molecule has 9 heteroatoms. The van der Waals surface area contributed by atoms with Gasteiger partial charge >= 0.3 is 0 Å².